The summed E-state index contributed by atoms with van der Waals surface area (Å²) in [5.74, 6) is 0.932. The standard InChI is InChI=1S/C22H21N5O2S/c1-14(17-5-3-4-11-23-17)25-22-26-18-10-12-30-20(18)19(27-22)21(28)24-13-15-6-8-16(29-2)9-7-15/h3-12,14H,13H2,1-2H3,(H,24,28)(H,25,26,27)/t14-/m0/s1. The van der Waals surface area contributed by atoms with Crippen molar-refractivity contribution >= 4 is 33.4 Å². The van der Waals surface area contributed by atoms with E-state index < -0.39 is 0 Å². The summed E-state index contributed by atoms with van der Waals surface area (Å²) in [6, 6.07) is 15.1. The fraction of sp³-hybridized carbons (Fsp3) is 0.182. The van der Waals surface area contributed by atoms with Gasteiger partial charge in [-0.25, -0.2) is 9.97 Å². The molecule has 4 aromatic rings. The number of methoxy groups -OCH3 is 1. The number of benzene rings is 1. The van der Waals surface area contributed by atoms with Crippen LogP contribution in [0.25, 0.3) is 10.2 Å². The van der Waals surface area contributed by atoms with Gasteiger partial charge in [0.2, 0.25) is 5.95 Å². The highest BCUT2D eigenvalue weighted by atomic mass is 32.1. The molecule has 0 aliphatic carbocycles. The maximum Gasteiger partial charge on any atom is 0.271 e. The molecule has 152 valence electrons. The summed E-state index contributed by atoms with van der Waals surface area (Å²) >= 11 is 1.45. The number of rotatable bonds is 7. The molecule has 0 aliphatic rings. The van der Waals surface area contributed by atoms with Crippen LogP contribution in [0.2, 0.25) is 0 Å². The number of hydrogen-bond donors (Lipinski definition) is 2. The van der Waals surface area contributed by atoms with E-state index in [1.165, 1.54) is 11.3 Å². The molecule has 3 heterocycles. The third-order valence-electron chi connectivity index (χ3n) is 4.61. The fourth-order valence-corrected chi connectivity index (χ4v) is 3.81. The molecule has 1 amide bonds. The number of nitrogens with zero attached hydrogens (tertiary/aromatic N) is 3. The van der Waals surface area contributed by atoms with Crippen LogP contribution in [0.1, 0.15) is 34.7 Å². The van der Waals surface area contributed by atoms with Gasteiger partial charge in [0, 0.05) is 12.7 Å². The van der Waals surface area contributed by atoms with E-state index in [1.54, 1.807) is 13.3 Å². The Labute approximate surface area is 178 Å². The average Bonchev–Trinajstić information content (AvgIpc) is 3.26. The third kappa shape index (κ3) is 4.38. The smallest absolute Gasteiger partial charge is 0.271 e. The molecular formula is C22H21N5O2S. The first-order valence-electron chi connectivity index (χ1n) is 9.48. The van der Waals surface area contributed by atoms with E-state index in [0.717, 1.165) is 27.2 Å². The summed E-state index contributed by atoms with van der Waals surface area (Å²) < 4.78 is 5.93. The molecule has 0 aliphatic heterocycles. The lowest BCUT2D eigenvalue weighted by Crippen LogP contribution is -2.24. The Morgan fingerprint density at radius 1 is 1.13 bits per heavy atom. The number of nitrogens with one attached hydrogen (secondary N) is 2. The van der Waals surface area contributed by atoms with Crippen molar-refractivity contribution in [2.45, 2.75) is 19.5 Å². The molecular weight excluding hydrogens is 398 g/mol. The normalized spacial score (nSPS) is 11.8. The van der Waals surface area contributed by atoms with E-state index in [9.17, 15) is 4.79 Å². The summed E-state index contributed by atoms with van der Waals surface area (Å²) in [6.07, 6.45) is 1.74. The van der Waals surface area contributed by atoms with E-state index in [-0.39, 0.29) is 11.9 Å². The second kappa shape index (κ2) is 8.87. The van der Waals surface area contributed by atoms with Crippen LogP contribution in [-0.4, -0.2) is 28.0 Å². The van der Waals surface area contributed by atoms with E-state index in [1.807, 2.05) is 60.8 Å². The van der Waals surface area contributed by atoms with Gasteiger partial charge in [-0.3, -0.25) is 9.78 Å². The lowest BCUT2D eigenvalue weighted by molar-refractivity contribution is 0.0948. The largest absolute Gasteiger partial charge is 0.497 e. The Hall–Kier alpha value is -3.52. The minimum absolute atomic E-state index is 0.0995. The van der Waals surface area contributed by atoms with E-state index in [0.29, 0.717) is 18.2 Å². The van der Waals surface area contributed by atoms with Crippen molar-refractivity contribution in [1.82, 2.24) is 20.3 Å². The van der Waals surface area contributed by atoms with Crippen LogP contribution in [0.15, 0.2) is 60.1 Å². The van der Waals surface area contributed by atoms with Gasteiger partial charge in [0.05, 0.1) is 29.1 Å². The van der Waals surface area contributed by atoms with Crippen LogP contribution >= 0.6 is 11.3 Å². The Bertz CT molecular complexity index is 1150. The number of ether oxygens (including phenoxy) is 1. The highest BCUT2D eigenvalue weighted by Crippen LogP contribution is 2.25. The molecule has 0 saturated carbocycles. The van der Waals surface area contributed by atoms with Gasteiger partial charge in [-0.15, -0.1) is 11.3 Å². The third-order valence-corrected chi connectivity index (χ3v) is 5.52. The van der Waals surface area contributed by atoms with Crippen LogP contribution in [0.5, 0.6) is 5.75 Å². The number of hydrogen-bond acceptors (Lipinski definition) is 7. The number of aromatic nitrogens is 3. The Morgan fingerprint density at radius 2 is 1.97 bits per heavy atom. The van der Waals surface area contributed by atoms with Gasteiger partial charge in [-0.1, -0.05) is 18.2 Å². The maximum absolute atomic E-state index is 12.9. The zero-order chi connectivity index (χ0) is 20.9. The second-order valence-corrected chi connectivity index (χ2v) is 7.60. The van der Waals surface area contributed by atoms with Gasteiger partial charge >= 0.3 is 0 Å². The number of anilines is 1. The highest BCUT2D eigenvalue weighted by molar-refractivity contribution is 7.17. The number of fused-ring (bicyclic) bond motifs is 1. The van der Waals surface area contributed by atoms with E-state index >= 15 is 0 Å². The fourth-order valence-electron chi connectivity index (χ4n) is 2.99. The summed E-state index contributed by atoms with van der Waals surface area (Å²) in [7, 11) is 1.62. The Kier molecular flexibility index (Phi) is 5.85. The maximum atomic E-state index is 12.9. The molecule has 0 saturated heterocycles. The van der Waals surface area contributed by atoms with Crippen molar-refractivity contribution in [3.05, 3.63) is 77.1 Å². The molecule has 30 heavy (non-hydrogen) atoms. The predicted molar refractivity (Wildman–Crippen MR) is 118 cm³/mol. The number of amides is 1. The SMILES string of the molecule is COc1ccc(CNC(=O)c2nc(N[C@@H](C)c3ccccn3)nc3ccsc23)cc1. The summed E-state index contributed by atoms with van der Waals surface area (Å²) in [5.41, 5.74) is 2.94. The quantitative estimate of drug-likeness (QED) is 0.467. The molecule has 2 N–H and O–H groups in total. The van der Waals surface area contributed by atoms with Gasteiger partial charge in [0.1, 0.15) is 5.75 Å². The molecule has 4 rings (SSSR count). The van der Waals surface area contributed by atoms with Gasteiger partial charge in [-0.2, -0.15) is 0 Å². The van der Waals surface area contributed by atoms with Crippen LogP contribution in [0.4, 0.5) is 5.95 Å². The van der Waals surface area contributed by atoms with Crippen molar-refractivity contribution < 1.29 is 9.53 Å². The number of thiophene rings is 1. The van der Waals surface area contributed by atoms with E-state index in [4.69, 9.17) is 4.74 Å². The van der Waals surface area contributed by atoms with Crippen LogP contribution < -0.4 is 15.4 Å². The molecule has 0 spiro atoms. The summed E-state index contributed by atoms with van der Waals surface area (Å²) in [4.78, 5) is 26.3. The lowest BCUT2D eigenvalue weighted by Gasteiger charge is -2.14. The van der Waals surface area contributed by atoms with E-state index in [2.05, 4.69) is 25.6 Å². The van der Waals surface area contributed by atoms with Crippen LogP contribution in [-0.2, 0) is 6.54 Å². The predicted octanol–water partition coefficient (Wildman–Crippen LogP) is 4.20. The first kappa shape index (κ1) is 19.8. The van der Waals surface area contributed by atoms with Crippen molar-refractivity contribution in [2.75, 3.05) is 12.4 Å². The molecule has 7 nitrogen and oxygen atoms in total. The second-order valence-electron chi connectivity index (χ2n) is 6.68. The molecule has 1 aromatic carbocycles. The Balaban J connectivity index is 1.53. The monoisotopic (exact) mass is 419 g/mol. The summed E-state index contributed by atoms with van der Waals surface area (Å²) in [6.45, 7) is 2.37. The molecule has 0 fully saturated rings. The number of carbonyl (C=O) groups is 1. The lowest BCUT2D eigenvalue weighted by atomic mass is 10.2. The topological polar surface area (TPSA) is 89.0 Å². The molecule has 8 heteroatoms. The Morgan fingerprint density at radius 3 is 2.70 bits per heavy atom. The van der Waals surface area contributed by atoms with Gasteiger partial charge in [0.25, 0.3) is 5.91 Å². The first-order chi connectivity index (χ1) is 14.6. The van der Waals surface area contributed by atoms with Gasteiger partial charge in [0.15, 0.2) is 5.69 Å². The van der Waals surface area contributed by atoms with Crippen molar-refractivity contribution in [1.29, 1.82) is 0 Å². The molecule has 0 unspecified atom stereocenters. The minimum Gasteiger partial charge on any atom is -0.497 e. The number of pyridine rings is 1. The van der Waals surface area contributed by atoms with Gasteiger partial charge in [-0.05, 0) is 48.2 Å². The van der Waals surface area contributed by atoms with Crippen molar-refractivity contribution in [2.24, 2.45) is 0 Å². The van der Waals surface area contributed by atoms with Crippen LogP contribution in [0.3, 0.4) is 0 Å². The zero-order valence-corrected chi connectivity index (χ0v) is 17.4. The molecule has 1 atom stereocenters. The summed E-state index contributed by atoms with van der Waals surface area (Å²) in [5, 5.41) is 8.10. The van der Waals surface area contributed by atoms with Crippen LogP contribution in [0, 0.1) is 0 Å². The molecule has 0 radical (unpaired) electrons. The first-order valence-corrected chi connectivity index (χ1v) is 10.4. The zero-order valence-electron chi connectivity index (χ0n) is 16.6. The van der Waals surface area contributed by atoms with Crippen molar-refractivity contribution in [3.8, 4) is 5.75 Å². The highest BCUT2D eigenvalue weighted by Gasteiger charge is 2.17. The number of carbonyl (C=O) groups excluding carboxylic acids is 1. The minimum atomic E-state index is -0.241. The average molecular weight is 420 g/mol. The van der Waals surface area contributed by atoms with Crippen molar-refractivity contribution in [3.63, 3.8) is 0 Å². The molecule has 0 bridgehead atoms. The molecule has 3 aromatic heterocycles. The van der Waals surface area contributed by atoms with Gasteiger partial charge < -0.3 is 15.4 Å².